The highest BCUT2D eigenvalue weighted by Crippen LogP contribution is 2.24. The molecule has 0 aliphatic carbocycles. The van der Waals surface area contributed by atoms with Gasteiger partial charge in [-0.25, -0.2) is 0 Å². The Bertz CT molecular complexity index is 1210. The van der Waals surface area contributed by atoms with Crippen LogP contribution < -0.4 is 5.32 Å². The predicted molar refractivity (Wildman–Crippen MR) is 129 cm³/mol. The number of hydrogen-bond acceptors (Lipinski definition) is 3. The molecule has 160 valence electrons. The lowest BCUT2D eigenvalue weighted by atomic mass is 10.0. The Kier molecular flexibility index (Phi) is 5.95. The van der Waals surface area contributed by atoms with Gasteiger partial charge in [0, 0.05) is 48.4 Å². The molecule has 0 bridgehead atoms. The zero-order valence-electron chi connectivity index (χ0n) is 18.1. The van der Waals surface area contributed by atoms with Gasteiger partial charge in [0.05, 0.1) is 5.52 Å². The van der Waals surface area contributed by atoms with E-state index >= 15 is 0 Å². The first-order valence-electron chi connectivity index (χ1n) is 11.3. The predicted octanol–water partition coefficient (Wildman–Crippen LogP) is 5.30. The van der Waals surface area contributed by atoms with Crippen LogP contribution in [0.2, 0.25) is 0 Å². The molecule has 32 heavy (non-hydrogen) atoms. The van der Waals surface area contributed by atoms with Gasteiger partial charge < -0.3 is 5.32 Å². The lowest BCUT2D eigenvalue weighted by molar-refractivity contribution is 0.0909. The van der Waals surface area contributed by atoms with E-state index in [4.69, 9.17) is 0 Å². The van der Waals surface area contributed by atoms with Crippen LogP contribution in [0.5, 0.6) is 0 Å². The Labute approximate surface area is 188 Å². The molecule has 1 aliphatic heterocycles. The van der Waals surface area contributed by atoms with Crippen LogP contribution in [0.3, 0.4) is 0 Å². The number of amides is 1. The van der Waals surface area contributed by atoms with E-state index in [9.17, 15) is 4.79 Å². The number of fused-ring (bicyclic) bond motifs is 1. The van der Waals surface area contributed by atoms with Crippen molar-refractivity contribution >= 4 is 16.8 Å². The molecular weight excluding hydrogens is 394 g/mol. The molecule has 4 aromatic rings. The second kappa shape index (κ2) is 9.33. The number of likely N-dealkylation sites (tertiary alicyclic amines) is 1. The smallest absolute Gasteiger partial charge is 0.251 e. The minimum absolute atomic E-state index is 0.00195. The van der Waals surface area contributed by atoms with E-state index in [0.717, 1.165) is 54.5 Å². The Morgan fingerprint density at radius 1 is 0.875 bits per heavy atom. The number of para-hydroxylation sites is 1. The van der Waals surface area contributed by atoms with E-state index < -0.39 is 0 Å². The Morgan fingerprint density at radius 3 is 2.50 bits per heavy atom. The van der Waals surface area contributed by atoms with Crippen LogP contribution >= 0.6 is 0 Å². The van der Waals surface area contributed by atoms with Crippen molar-refractivity contribution in [1.82, 2.24) is 15.2 Å². The van der Waals surface area contributed by atoms with E-state index in [1.165, 1.54) is 5.56 Å². The minimum atomic E-state index is 0.00195. The molecule has 0 unspecified atom stereocenters. The van der Waals surface area contributed by atoms with Gasteiger partial charge in [0.25, 0.3) is 5.91 Å². The third kappa shape index (κ3) is 4.71. The quantitative estimate of drug-likeness (QED) is 0.476. The molecule has 0 saturated carbocycles. The van der Waals surface area contributed by atoms with Crippen LogP contribution in [0, 0.1) is 0 Å². The summed E-state index contributed by atoms with van der Waals surface area (Å²) in [6.45, 7) is 2.98. The molecule has 4 nitrogen and oxygen atoms in total. The topological polar surface area (TPSA) is 45.2 Å². The van der Waals surface area contributed by atoms with Crippen LogP contribution in [0.1, 0.15) is 28.8 Å². The van der Waals surface area contributed by atoms with Crippen molar-refractivity contribution in [1.29, 1.82) is 0 Å². The van der Waals surface area contributed by atoms with Crippen molar-refractivity contribution in [3.63, 3.8) is 0 Å². The van der Waals surface area contributed by atoms with E-state index in [0.29, 0.717) is 5.56 Å². The maximum Gasteiger partial charge on any atom is 0.251 e. The molecule has 0 atom stereocenters. The number of hydrogen-bond donors (Lipinski definition) is 1. The normalized spacial score (nSPS) is 15.0. The number of carbonyl (C=O) groups is 1. The molecule has 1 fully saturated rings. The lowest BCUT2D eigenvalue weighted by Gasteiger charge is -2.32. The highest BCUT2D eigenvalue weighted by atomic mass is 16.1. The molecule has 0 spiro atoms. The van der Waals surface area contributed by atoms with Gasteiger partial charge in [0.15, 0.2) is 0 Å². The van der Waals surface area contributed by atoms with E-state index in [-0.39, 0.29) is 11.9 Å². The highest BCUT2D eigenvalue weighted by Gasteiger charge is 2.21. The molecule has 2 heterocycles. The molecule has 4 heteroatoms. The second-order valence-electron chi connectivity index (χ2n) is 8.51. The molecule has 1 amide bonds. The maximum absolute atomic E-state index is 12.9. The summed E-state index contributed by atoms with van der Waals surface area (Å²) < 4.78 is 0. The fourth-order valence-electron chi connectivity index (χ4n) is 4.41. The summed E-state index contributed by atoms with van der Waals surface area (Å²) in [6.07, 6.45) is 3.83. The number of piperidine rings is 1. The molecule has 1 aromatic heterocycles. The summed E-state index contributed by atoms with van der Waals surface area (Å²) in [7, 11) is 0. The van der Waals surface area contributed by atoms with E-state index in [2.05, 4.69) is 57.7 Å². The Morgan fingerprint density at radius 2 is 1.66 bits per heavy atom. The van der Waals surface area contributed by atoms with Crippen LogP contribution in [0.15, 0.2) is 91.1 Å². The van der Waals surface area contributed by atoms with Crippen molar-refractivity contribution in [2.45, 2.75) is 25.4 Å². The zero-order chi connectivity index (χ0) is 21.8. The highest BCUT2D eigenvalue weighted by molar-refractivity contribution is 5.96. The first kappa shape index (κ1) is 20.4. The summed E-state index contributed by atoms with van der Waals surface area (Å²) in [5, 5.41) is 4.35. The number of pyridine rings is 1. The van der Waals surface area contributed by atoms with E-state index in [1.807, 2.05) is 48.7 Å². The van der Waals surface area contributed by atoms with Crippen molar-refractivity contribution in [2.75, 3.05) is 13.1 Å². The van der Waals surface area contributed by atoms with Crippen molar-refractivity contribution in [3.05, 3.63) is 102 Å². The Hall–Kier alpha value is -3.50. The van der Waals surface area contributed by atoms with Crippen LogP contribution in [-0.4, -0.2) is 34.9 Å². The maximum atomic E-state index is 12.9. The van der Waals surface area contributed by atoms with Gasteiger partial charge in [-0.1, -0.05) is 60.7 Å². The standard InChI is InChI=1S/C28H27N3O/c32-28(30-26-13-15-31(16-14-26)20-21-7-2-1-3-8-21)24-11-6-10-22(17-24)25-18-23-9-4-5-12-27(23)29-19-25/h1-12,17-19,26H,13-16,20H2,(H,30,32). The largest absolute Gasteiger partial charge is 0.349 e. The molecular formula is C28H27N3O. The fraction of sp³-hybridized carbons (Fsp3) is 0.214. The van der Waals surface area contributed by atoms with Gasteiger partial charge in [-0.05, 0) is 48.2 Å². The van der Waals surface area contributed by atoms with Crippen LogP contribution in [0.25, 0.3) is 22.0 Å². The van der Waals surface area contributed by atoms with Crippen LogP contribution in [-0.2, 0) is 6.54 Å². The summed E-state index contributed by atoms with van der Waals surface area (Å²) in [4.78, 5) is 20.0. The number of carbonyl (C=O) groups excluding carboxylic acids is 1. The summed E-state index contributed by atoms with van der Waals surface area (Å²) in [5.41, 5.74) is 5.04. The van der Waals surface area contributed by atoms with Gasteiger partial charge in [-0.3, -0.25) is 14.7 Å². The van der Waals surface area contributed by atoms with Gasteiger partial charge in [0.2, 0.25) is 0 Å². The molecule has 1 N–H and O–H groups in total. The average Bonchev–Trinajstić information content (AvgIpc) is 2.85. The monoisotopic (exact) mass is 421 g/mol. The van der Waals surface area contributed by atoms with Crippen molar-refractivity contribution < 1.29 is 4.79 Å². The first-order chi connectivity index (χ1) is 15.7. The van der Waals surface area contributed by atoms with Crippen molar-refractivity contribution in [2.24, 2.45) is 0 Å². The zero-order valence-corrected chi connectivity index (χ0v) is 18.1. The molecule has 1 saturated heterocycles. The van der Waals surface area contributed by atoms with Crippen LogP contribution in [0.4, 0.5) is 0 Å². The number of nitrogens with zero attached hydrogens (tertiary/aromatic N) is 2. The summed E-state index contributed by atoms with van der Waals surface area (Å²) in [5.74, 6) is 0.00195. The molecule has 5 rings (SSSR count). The van der Waals surface area contributed by atoms with Crippen molar-refractivity contribution in [3.8, 4) is 11.1 Å². The third-order valence-electron chi connectivity index (χ3n) is 6.22. The average molecular weight is 422 g/mol. The van der Waals surface area contributed by atoms with Gasteiger partial charge >= 0.3 is 0 Å². The third-order valence-corrected chi connectivity index (χ3v) is 6.22. The number of aromatic nitrogens is 1. The van der Waals surface area contributed by atoms with Gasteiger partial charge in [-0.15, -0.1) is 0 Å². The summed E-state index contributed by atoms with van der Waals surface area (Å²) in [6, 6.07) is 28.8. The number of rotatable bonds is 5. The fourth-order valence-corrected chi connectivity index (χ4v) is 4.41. The molecule has 3 aromatic carbocycles. The number of benzene rings is 3. The number of nitrogens with one attached hydrogen (secondary N) is 1. The minimum Gasteiger partial charge on any atom is -0.349 e. The van der Waals surface area contributed by atoms with Gasteiger partial charge in [-0.2, -0.15) is 0 Å². The SMILES string of the molecule is O=C(NC1CCN(Cc2ccccc2)CC1)c1cccc(-c2cnc3ccccc3c2)c1. The second-order valence-corrected chi connectivity index (χ2v) is 8.51. The lowest BCUT2D eigenvalue weighted by Crippen LogP contribution is -2.44. The summed E-state index contributed by atoms with van der Waals surface area (Å²) >= 11 is 0. The molecule has 0 radical (unpaired) electrons. The van der Waals surface area contributed by atoms with E-state index in [1.54, 1.807) is 0 Å². The Balaban J connectivity index is 1.21. The van der Waals surface area contributed by atoms with Gasteiger partial charge in [0.1, 0.15) is 0 Å². The first-order valence-corrected chi connectivity index (χ1v) is 11.3. The molecule has 1 aliphatic rings.